The van der Waals surface area contributed by atoms with Crippen LogP contribution in [0.2, 0.25) is 0 Å². The van der Waals surface area contributed by atoms with Crippen LogP contribution in [0.3, 0.4) is 0 Å². The monoisotopic (exact) mass is 372 g/mol. The summed E-state index contributed by atoms with van der Waals surface area (Å²) >= 11 is 0. The van der Waals surface area contributed by atoms with Gasteiger partial charge in [-0.05, 0) is 12.0 Å². The second kappa shape index (κ2) is 6.80. The molecule has 9 nitrogen and oxygen atoms in total. The maximum atomic E-state index is 13.1. The lowest BCUT2D eigenvalue weighted by Crippen LogP contribution is -2.53. The molecule has 1 fully saturated rings. The molecule has 144 valence electrons. The molecule has 0 saturated carbocycles. The van der Waals surface area contributed by atoms with Crippen LogP contribution in [0.5, 0.6) is 0 Å². The number of fused-ring (bicyclic) bond motifs is 3. The van der Waals surface area contributed by atoms with E-state index in [0.717, 1.165) is 18.8 Å². The van der Waals surface area contributed by atoms with E-state index in [1.54, 1.807) is 11.1 Å². The number of aromatic nitrogens is 1. The van der Waals surface area contributed by atoms with E-state index in [0.29, 0.717) is 42.9 Å². The van der Waals surface area contributed by atoms with Crippen molar-refractivity contribution in [2.45, 2.75) is 19.9 Å². The molecule has 3 aliphatic rings. The number of hydrogen-bond acceptors (Lipinski definition) is 6. The number of morpholine rings is 1. The summed E-state index contributed by atoms with van der Waals surface area (Å²) in [5, 5.41) is 0. The van der Waals surface area contributed by atoms with E-state index in [9.17, 15) is 9.59 Å². The second-order valence-corrected chi connectivity index (χ2v) is 7.37. The zero-order valence-electron chi connectivity index (χ0n) is 15.6. The summed E-state index contributed by atoms with van der Waals surface area (Å²) in [6.45, 7) is 7.28. The molecule has 3 amide bonds. The van der Waals surface area contributed by atoms with Crippen LogP contribution in [0.4, 0.5) is 16.2 Å². The molecule has 0 spiro atoms. The normalized spacial score (nSPS) is 22.0. The third-order valence-corrected chi connectivity index (χ3v) is 5.19. The van der Waals surface area contributed by atoms with Gasteiger partial charge in [0, 0.05) is 13.1 Å². The van der Waals surface area contributed by atoms with Gasteiger partial charge >= 0.3 is 6.03 Å². The van der Waals surface area contributed by atoms with Crippen LogP contribution in [0, 0.1) is 5.92 Å². The largest absolute Gasteiger partial charge is 0.378 e. The van der Waals surface area contributed by atoms with Crippen molar-refractivity contribution in [1.82, 2.24) is 9.88 Å². The van der Waals surface area contributed by atoms with Gasteiger partial charge in [-0.15, -0.1) is 0 Å². The van der Waals surface area contributed by atoms with E-state index < -0.39 is 5.91 Å². The molecule has 1 aromatic rings. The van der Waals surface area contributed by atoms with Crippen molar-refractivity contribution in [2.24, 2.45) is 16.6 Å². The molecule has 0 radical (unpaired) electrons. The number of hydrogen-bond donors (Lipinski definition) is 1. The number of aliphatic imine (C=N–C) groups is 1. The van der Waals surface area contributed by atoms with E-state index >= 15 is 0 Å². The first-order valence-electron chi connectivity index (χ1n) is 9.24. The Morgan fingerprint density at radius 1 is 1.37 bits per heavy atom. The molecule has 4 heterocycles. The summed E-state index contributed by atoms with van der Waals surface area (Å²) in [4.78, 5) is 39.2. The average molecular weight is 372 g/mol. The van der Waals surface area contributed by atoms with Crippen molar-refractivity contribution in [1.29, 1.82) is 0 Å². The molecule has 0 bridgehead atoms. The second-order valence-electron chi connectivity index (χ2n) is 7.37. The molecule has 0 aromatic carbocycles. The Labute approximate surface area is 157 Å². The Bertz CT molecular complexity index is 802. The zero-order chi connectivity index (χ0) is 19.1. The van der Waals surface area contributed by atoms with Crippen LogP contribution in [-0.4, -0.2) is 73.1 Å². The number of amidine groups is 1. The molecule has 1 unspecified atom stereocenters. The van der Waals surface area contributed by atoms with Crippen LogP contribution in [-0.2, 0) is 9.53 Å². The number of ether oxygens (including phenoxy) is 1. The molecule has 27 heavy (non-hydrogen) atoms. The van der Waals surface area contributed by atoms with Gasteiger partial charge in [-0.3, -0.25) is 19.6 Å². The summed E-state index contributed by atoms with van der Waals surface area (Å²) < 4.78 is 5.40. The highest BCUT2D eigenvalue weighted by Crippen LogP contribution is 2.34. The third-order valence-electron chi connectivity index (χ3n) is 5.19. The van der Waals surface area contributed by atoms with Crippen LogP contribution < -0.4 is 15.5 Å². The first-order chi connectivity index (χ1) is 13.0. The Kier molecular flexibility index (Phi) is 4.47. The molecule has 1 saturated heterocycles. The first-order valence-corrected chi connectivity index (χ1v) is 9.24. The molecule has 2 N–H and O–H groups in total. The van der Waals surface area contributed by atoms with Crippen molar-refractivity contribution >= 4 is 29.1 Å². The van der Waals surface area contributed by atoms with E-state index in [4.69, 9.17) is 15.5 Å². The summed E-state index contributed by atoms with van der Waals surface area (Å²) in [6.07, 6.45) is 1.80. The lowest BCUT2D eigenvalue weighted by Gasteiger charge is -2.35. The number of carbonyl (C=O) groups is 2. The third kappa shape index (κ3) is 3.12. The standard InChI is InChI=1S/C18H24N6O3/c1-11(2)13-9-24-17(21-13)16-14(23(18(24)26)10-15(19)25)7-12(8-20-16)22-3-5-27-6-4-22/h7-8,11,13H,3-6,9-10H2,1-2H3,(H2,19,25). The SMILES string of the molecule is CC(C)C1CN2C(=O)N(CC(N)=O)c3cc(N4CCOCC4)cnc3C2=N1. The lowest BCUT2D eigenvalue weighted by atomic mass is 10.1. The minimum absolute atomic E-state index is 0.0195. The van der Waals surface area contributed by atoms with Crippen LogP contribution in [0.1, 0.15) is 19.5 Å². The number of pyridine rings is 1. The zero-order valence-corrected chi connectivity index (χ0v) is 15.6. The van der Waals surface area contributed by atoms with Gasteiger partial charge in [0.1, 0.15) is 12.2 Å². The Morgan fingerprint density at radius 2 is 2.11 bits per heavy atom. The lowest BCUT2D eigenvalue weighted by molar-refractivity contribution is -0.116. The van der Waals surface area contributed by atoms with E-state index in [2.05, 4.69) is 23.7 Å². The predicted octanol–water partition coefficient (Wildman–Crippen LogP) is 0.430. The smallest absolute Gasteiger partial charge is 0.330 e. The van der Waals surface area contributed by atoms with Gasteiger partial charge in [-0.1, -0.05) is 13.8 Å². The van der Waals surface area contributed by atoms with Gasteiger partial charge in [0.25, 0.3) is 0 Å². The van der Waals surface area contributed by atoms with Crippen LogP contribution in [0.15, 0.2) is 17.3 Å². The summed E-state index contributed by atoms with van der Waals surface area (Å²) in [7, 11) is 0. The van der Waals surface area contributed by atoms with Crippen molar-refractivity contribution in [2.75, 3.05) is 49.2 Å². The molecule has 3 aliphatic heterocycles. The fraction of sp³-hybridized carbons (Fsp3) is 0.556. The minimum Gasteiger partial charge on any atom is -0.378 e. The number of primary amides is 1. The predicted molar refractivity (Wildman–Crippen MR) is 101 cm³/mol. The van der Waals surface area contributed by atoms with Crippen molar-refractivity contribution < 1.29 is 14.3 Å². The summed E-state index contributed by atoms with van der Waals surface area (Å²) in [5.41, 5.74) is 7.51. The fourth-order valence-electron chi connectivity index (χ4n) is 3.63. The molecular weight excluding hydrogens is 348 g/mol. The number of carbonyl (C=O) groups excluding carboxylic acids is 2. The number of anilines is 2. The average Bonchev–Trinajstić information content (AvgIpc) is 3.11. The van der Waals surface area contributed by atoms with Gasteiger partial charge in [0.05, 0.1) is 43.4 Å². The fourth-order valence-corrected chi connectivity index (χ4v) is 3.63. The molecular formula is C18H24N6O3. The number of amides is 3. The number of nitrogens with two attached hydrogens (primary N) is 1. The van der Waals surface area contributed by atoms with Gasteiger partial charge < -0.3 is 15.4 Å². The highest BCUT2D eigenvalue weighted by atomic mass is 16.5. The molecule has 9 heteroatoms. The van der Waals surface area contributed by atoms with E-state index in [1.807, 2.05) is 6.07 Å². The highest BCUT2D eigenvalue weighted by molar-refractivity contribution is 6.20. The first kappa shape index (κ1) is 17.7. The summed E-state index contributed by atoms with van der Waals surface area (Å²) in [6, 6.07) is 1.65. The van der Waals surface area contributed by atoms with E-state index in [-0.39, 0.29) is 18.6 Å². The minimum atomic E-state index is -0.564. The molecule has 4 rings (SSSR count). The summed E-state index contributed by atoms with van der Waals surface area (Å²) in [5.74, 6) is 0.325. The highest BCUT2D eigenvalue weighted by Gasteiger charge is 2.42. The Hall–Kier alpha value is -2.68. The van der Waals surface area contributed by atoms with Gasteiger partial charge in [-0.25, -0.2) is 9.78 Å². The van der Waals surface area contributed by atoms with Gasteiger partial charge in [0.2, 0.25) is 5.91 Å². The number of urea groups is 1. The van der Waals surface area contributed by atoms with E-state index in [1.165, 1.54) is 4.90 Å². The van der Waals surface area contributed by atoms with Gasteiger partial charge in [0.15, 0.2) is 5.84 Å². The number of nitrogens with zero attached hydrogens (tertiary/aromatic N) is 5. The number of rotatable bonds is 4. The maximum absolute atomic E-state index is 13.1. The quantitative estimate of drug-likeness (QED) is 0.825. The van der Waals surface area contributed by atoms with Gasteiger partial charge in [-0.2, -0.15) is 0 Å². The van der Waals surface area contributed by atoms with Crippen molar-refractivity contribution in [3.63, 3.8) is 0 Å². The Balaban J connectivity index is 1.77. The van der Waals surface area contributed by atoms with Crippen LogP contribution >= 0.6 is 0 Å². The molecule has 1 aromatic heterocycles. The topological polar surface area (TPSA) is 104 Å². The van der Waals surface area contributed by atoms with Crippen molar-refractivity contribution in [3.8, 4) is 0 Å². The molecule has 0 aliphatic carbocycles. The van der Waals surface area contributed by atoms with Crippen molar-refractivity contribution in [3.05, 3.63) is 18.0 Å². The Morgan fingerprint density at radius 3 is 2.78 bits per heavy atom. The van der Waals surface area contributed by atoms with Crippen LogP contribution in [0.25, 0.3) is 0 Å². The molecule has 1 atom stereocenters. The maximum Gasteiger partial charge on any atom is 0.330 e.